The number of aliphatic hydroxyl groups is 2. The molecule has 53 heavy (non-hydrogen) atoms. The standard InChI is InChI=1S/C40H44FNO11/c1-7-29-50-31-30-21(2)27(49-36(46)26(44)18-25-24(41)14-11-17-42-25)19-40(47,37(30,4)5)34(52-35(45)23-12-9-8-10-13-23)32-38(6,33(31)51-29)16-15-28-39(32,20-48-28)53-22(3)43/h7-17,26-29,31-34,44,47H,1,18-20H2,2-6H3/t26-,27+,28-,29-,31-,32+,33-,34+,38-,39+,40-/m1/s1. The maximum Gasteiger partial charge on any atom is 0.338 e. The van der Waals surface area contributed by atoms with Gasteiger partial charge >= 0.3 is 17.9 Å². The highest BCUT2D eigenvalue weighted by Gasteiger charge is 2.76. The van der Waals surface area contributed by atoms with Crippen LogP contribution in [-0.2, 0) is 44.4 Å². The van der Waals surface area contributed by atoms with Gasteiger partial charge in [-0.2, -0.15) is 0 Å². The van der Waals surface area contributed by atoms with Gasteiger partial charge in [-0.3, -0.25) is 9.78 Å². The molecule has 5 aliphatic rings. The summed E-state index contributed by atoms with van der Waals surface area (Å²) in [5.41, 5.74) is -4.74. The molecule has 2 aliphatic heterocycles. The Morgan fingerprint density at radius 2 is 1.85 bits per heavy atom. The zero-order valence-corrected chi connectivity index (χ0v) is 30.2. The smallest absolute Gasteiger partial charge is 0.338 e. The van der Waals surface area contributed by atoms with Gasteiger partial charge in [0, 0.05) is 36.8 Å². The van der Waals surface area contributed by atoms with E-state index in [1.54, 1.807) is 57.2 Å². The van der Waals surface area contributed by atoms with E-state index in [1.165, 1.54) is 31.3 Å². The number of pyridine rings is 1. The second-order valence-corrected chi connectivity index (χ2v) is 15.3. The largest absolute Gasteiger partial charge is 0.456 e. The van der Waals surface area contributed by atoms with Gasteiger partial charge in [-0.1, -0.05) is 57.7 Å². The summed E-state index contributed by atoms with van der Waals surface area (Å²) in [4.78, 5) is 44.6. The summed E-state index contributed by atoms with van der Waals surface area (Å²) in [5, 5.41) is 24.4. The van der Waals surface area contributed by atoms with Crippen LogP contribution >= 0.6 is 0 Å². The van der Waals surface area contributed by atoms with Gasteiger partial charge < -0.3 is 38.6 Å². The van der Waals surface area contributed by atoms with Crippen LogP contribution in [0.15, 0.2) is 84.6 Å². The third-order valence-corrected chi connectivity index (χ3v) is 12.0. The van der Waals surface area contributed by atoms with E-state index in [0.29, 0.717) is 11.1 Å². The molecule has 2 N–H and O–H groups in total. The van der Waals surface area contributed by atoms with Crippen molar-refractivity contribution in [3.05, 3.63) is 102 Å². The molecule has 2 bridgehead atoms. The predicted octanol–water partition coefficient (Wildman–Crippen LogP) is 3.94. The van der Waals surface area contributed by atoms with Crippen LogP contribution in [0, 0.1) is 22.6 Å². The molecule has 1 aromatic carbocycles. The summed E-state index contributed by atoms with van der Waals surface area (Å²) in [6.45, 7) is 12.3. The summed E-state index contributed by atoms with van der Waals surface area (Å²) in [6.07, 6.45) is -2.02. The van der Waals surface area contributed by atoms with Crippen LogP contribution in [0.4, 0.5) is 4.39 Å². The van der Waals surface area contributed by atoms with Crippen molar-refractivity contribution in [2.24, 2.45) is 16.7 Å². The third kappa shape index (κ3) is 5.75. The van der Waals surface area contributed by atoms with Crippen LogP contribution in [-0.4, -0.2) is 93.8 Å². The first-order valence-electron chi connectivity index (χ1n) is 17.7. The summed E-state index contributed by atoms with van der Waals surface area (Å²) < 4.78 is 52.2. The molecule has 0 amide bonds. The topological polar surface area (TPSA) is 160 Å². The van der Waals surface area contributed by atoms with Gasteiger partial charge in [0.2, 0.25) is 0 Å². The number of hydrogen-bond donors (Lipinski definition) is 2. The Morgan fingerprint density at radius 1 is 1.11 bits per heavy atom. The SMILES string of the molecule is C=C[C@@H]1O[C@@H]2C3=C(C)[C@@H](OC(=O)[C@H](O)Cc4ncccc4F)C[C@@](O)([C@@H](OC(=O)c4ccccc4)[C@H]4[C@@](C)(C=C[C@H]5OC[C@]54OC(C)=O)[C@@H]2O1)C3(C)C. The summed E-state index contributed by atoms with van der Waals surface area (Å²) in [5.74, 6) is -4.12. The molecule has 13 heteroatoms. The van der Waals surface area contributed by atoms with E-state index in [1.807, 2.05) is 13.0 Å². The second kappa shape index (κ2) is 13.2. The lowest BCUT2D eigenvalue weighted by molar-refractivity contribution is -0.316. The second-order valence-electron chi connectivity index (χ2n) is 15.3. The molecule has 11 atom stereocenters. The van der Waals surface area contributed by atoms with Crippen molar-refractivity contribution in [2.75, 3.05) is 6.61 Å². The molecule has 12 nitrogen and oxygen atoms in total. The van der Waals surface area contributed by atoms with Crippen molar-refractivity contribution in [1.29, 1.82) is 0 Å². The average Bonchev–Trinajstić information content (AvgIpc) is 3.54. The minimum atomic E-state index is -2.06. The molecule has 3 aliphatic carbocycles. The highest BCUT2D eigenvalue weighted by atomic mass is 19.1. The monoisotopic (exact) mass is 733 g/mol. The Kier molecular flexibility index (Phi) is 9.26. The highest BCUT2D eigenvalue weighted by Crippen LogP contribution is 2.65. The van der Waals surface area contributed by atoms with Gasteiger partial charge in [-0.25, -0.2) is 14.0 Å². The molecule has 3 heterocycles. The number of carbonyl (C=O) groups is 3. The lowest BCUT2D eigenvalue weighted by Gasteiger charge is -2.66. The molecule has 2 aromatic rings. The van der Waals surface area contributed by atoms with Crippen molar-refractivity contribution in [2.45, 2.75) is 102 Å². The van der Waals surface area contributed by atoms with Crippen LogP contribution in [0.3, 0.4) is 0 Å². The number of fused-ring (bicyclic) bond motifs is 8. The number of ether oxygens (including phenoxy) is 6. The van der Waals surface area contributed by atoms with E-state index in [2.05, 4.69) is 11.6 Å². The minimum absolute atomic E-state index is 0.0721. The molecule has 2 saturated heterocycles. The first-order valence-corrected chi connectivity index (χ1v) is 17.7. The number of halogens is 1. The first kappa shape index (κ1) is 37.1. The van der Waals surface area contributed by atoms with Crippen LogP contribution in [0.1, 0.15) is 57.1 Å². The molecule has 1 aromatic heterocycles. The quantitative estimate of drug-likeness (QED) is 0.229. The van der Waals surface area contributed by atoms with Crippen LogP contribution in [0.5, 0.6) is 0 Å². The maximum absolute atomic E-state index is 14.4. The lowest BCUT2D eigenvalue weighted by Crippen LogP contribution is -2.78. The summed E-state index contributed by atoms with van der Waals surface area (Å²) in [6, 6.07) is 10.9. The van der Waals surface area contributed by atoms with Crippen molar-refractivity contribution >= 4 is 17.9 Å². The van der Waals surface area contributed by atoms with Crippen molar-refractivity contribution < 1.29 is 57.4 Å². The van der Waals surface area contributed by atoms with E-state index in [9.17, 15) is 29.0 Å². The molecular formula is C40H44FNO11. The molecule has 0 radical (unpaired) electrons. The number of benzene rings is 1. The number of carbonyl (C=O) groups excluding carboxylic acids is 3. The Balaban J connectivity index is 1.41. The number of hydrogen-bond acceptors (Lipinski definition) is 12. The van der Waals surface area contributed by atoms with E-state index in [0.717, 1.165) is 0 Å². The molecule has 1 saturated carbocycles. The van der Waals surface area contributed by atoms with E-state index < -0.39 is 101 Å². The molecule has 0 spiro atoms. The van der Waals surface area contributed by atoms with Crippen molar-refractivity contribution in [3.8, 4) is 0 Å². The van der Waals surface area contributed by atoms with Gasteiger partial charge in [0.25, 0.3) is 0 Å². The molecule has 7 rings (SSSR count). The molecule has 3 fully saturated rings. The van der Waals surface area contributed by atoms with Gasteiger partial charge in [0.15, 0.2) is 18.0 Å². The van der Waals surface area contributed by atoms with E-state index in [4.69, 9.17) is 28.4 Å². The predicted molar refractivity (Wildman–Crippen MR) is 184 cm³/mol. The Labute approximate surface area is 306 Å². The van der Waals surface area contributed by atoms with Crippen LogP contribution in [0.2, 0.25) is 0 Å². The first-order chi connectivity index (χ1) is 25.1. The van der Waals surface area contributed by atoms with Gasteiger partial charge in [-0.15, -0.1) is 0 Å². The molecular weight excluding hydrogens is 689 g/mol. The van der Waals surface area contributed by atoms with E-state index >= 15 is 0 Å². The minimum Gasteiger partial charge on any atom is -0.456 e. The summed E-state index contributed by atoms with van der Waals surface area (Å²) in [7, 11) is 0. The average molecular weight is 734 g/mol. The number of nitrogens with zero attached hydrogens (tertiary/aromatic N) is 1. The van der Waals surface area contributed by atoms with Gasteiger partial charge in [0.05, 0.1) is 23.8 Å². The fraction of sp³-hybridized carbons (Fsp3) is 0.500. The normalized spacial score (nSPS) is 37.0. The number of rotatable bonds is 8. The zero-order chi connectivity index (χ0) is 38.1. The third-order valence-electron chi connectivity index (χ3n) is 12.0. The molecule has 0 unspecified atom stereocenters. The number of aromatic nitrogens is 1. The Hall–Kier alpha value is -4.27. The Bertz CT molecular complexity index is 1880. The lowest BCUT2D eigenvalue weighted by atomic mass is 9.46. The fourth-order valence-corrected chi connectivity index (χ4v) is 9.32. The number of aliphatic hydroxyl groups excluding tert-OH is 1. The van der Waals surface area contributed by atoms with Crippen molar-refractivity contribution in [1.82, 2.24) is 4.98 Å². The van der Waals surface area contributed by atoms with Gasteiger partial charge in [0.1, 0.15) is 41.9 Å². The summed E-state index contributed by atoms with van der Waals surface area (Å²) >= 11 is 0. The zero-order valence-electron chi connectivity index (χ0n) is 30.2. The van der Waals surface area contributed by atoms with Crippen LogP contribution < -0.4 is 0 Å². The van der Waals surface area contributed by atoms with Crippen molar-refractivity contribution in [3.63, 3.8) is 0 Å². The Morgan fingerprint density at radius 3 is 2.49 bits per heavy atom. The maximum atomic E-state index is 14.4. The number of esters is 3. The fourth-order valence-electron chi connectivity index (χ4n) is 9.32. The molecule has 282 valence electrons. The highest BCUT2D eigenvalue weighted by molar-refractivity contribution is 5.89. The van der Waals surface area contributed by atoms with Gasteiger partial charge in [-0.05, 0) is 48.4 Å². The van der Waals surface area contributed by atoms with Crippen LogP contribution in [0.25, 0.3) is 0 Å². The van der Waals surface area contributed by atoms with E-state index in [-0.39, 0.29) is 24.3 Å².